The van der Waals surface area contributed by atoms with Crippen molar-refractivity contribution in [2.45, 2.75) is 24.0 Å². The van der Waals surface area contributed by atoms with Gasteiger partial charge in [-0.25, -0.2) is 31.7 Å². The van der Waals surface area contributed by atoms with Gasteiger partial charge >= 0.3 is 0 Å². The third-order valence-corrected chi connectivity index (χ3v) is 6.20. The number of nitrogens with two attached hydrogens (primary N) is 1. The summed E-state index contributed by atoms with van der Waals surface area (Å²) in [6.45, 7) is 1.78. The number of sulfonamides is 1. The Balaban J connectivity index is 2.14. The van der Waals surface area contributed by atoms with Crippen molar-refractivity contribution >= 4 is 21.1 Å². The zero-order valence-corrected chi connectivity index (χ0v) is 17.6. The molecule has 0 amide bonds. The van der Waals surface area contributed by atoms with E-state index < -0.39 is 38.0 Å². The zero-order valence-electron chi connectivity index (χ0n) is 16.8. The van der Waals surface area contributed by atoms with Crippen LogP contribution in [0.15, 0.2) is 65.6 Å². The second-order valence-corrected chi connectivity index (χ2v) is 8.70. The molecule has 0 aliphatic rings. The van der Waals surface area contributed by atoms with Crippen molar-refractivity contribution in [3.63, 3.8) is 0 Å². The molecule has 0 radical (unpaired) electrons. The molecule has 0 aliphatic heterocycles. The van der Waals surface area contributed by atoms with Crippen molar-refractivity contribution in [1.29, 1.82) is 0 Å². The number of imidazole rings is 1. The Morgan fingerprint density at radius 2 is 1.50 bits per heavy atom. The van der Waals surface area contributed by atoms with Crippen molar-refractivity contribution in [3.05, 3.63) is 95.1 Å². The van der Waals surface area contributed by atoms with Crippen LogP contribution >= 0.6 is 0 Å². The number of hydrogen-bond donors (Lipinski definition) is 2. The van der Waals surface area contributed by atoms with E-state index in [9.17, 15) is 26.7 Å². The van der Waals surface area contributed by atoms with E-state index in [2.05, 4.69) is 4.98 Å². The van der Waals surface area contributed by atoms with Crippen LogP contribution in [0.2, 0.25) is 0 Å². The first-order valence-corrected chi connectivity index (χ1v) is 11.1. The highest BCUT2D eigenvalue weighted by Gasteiger charge is 2.43. The second kappa shape index (κ2) is 7.73. The summed E-state index contributed by atoms with van der Waals surface area (Å²) in [5.41, 5.74) is -2.86. The van der Waals surface area contributed by atoms with Crippen molar-refractivity contribution in [2.75, 3.05) is 0 Å². The summed E-state index contributed by atoms with van der Waals surface area (Å²) in [6, 6.07) is 12.4. The lowest BCUT2D eigenvalue weighted by atomic mass is 9.84. The lowest BCUT2D eigenvalue weighted by Gasteiger charge is -2.30. The van der Waals surface area contributed by atoms with Crippen LogP contribution in [-0.4, -0.2) is 23.1 Å². The average molecular weight is 461 g/mol. The fraction of sp³-hybridized carbons (Fsp3) is 0.136. The standard InChI is InChI=1S/C22H18F3N3O3S/c1-2-28-19-12-20(32(26,30)31)17(25)11-18(19)27-21(28)22(29,13-7-3-5-9-15(13)23)14-8-4-6-10-16(14)24/h3-12,29H,2H2,1H3,(H2,26,30,31). The molecule has 0 unspecified atom stereocenters. The Kier molecular flexibility index (Phi) is 5.32. The summed E-state index contributed by atoms with van der Waals surface area (Å²) >= 11 is 0. The summed E-state index contributed by atoms with van der Waals surface area (Å²) in [7, 11) is -4.39. The molecule has 1 aromatic heterocycles. The maximum absolute atomic E-state index is 14.9. The minimum absolute atomic E-state index is 0.0159. The Morgan fingerprint density at radius 3 is 1.97 bits per heavy atom. The van der Waals surface area contributed by atoms with E-state index in [0.29, 0.717) is 0 Å². The molecule has 32 heavy (non-hydrogen) atoms. The van der Waals surface area contributed by atoms with E-state index >= 15 is 0 Å². The SMILES string of the molecule is CCn1c(C(O)(c2ccccc2F)c2ccccc2F)nc2cc(F)c(S(N)(=O)=O)cc21. The quantitative estimate of drug-likeness (QED) is 0.476. The molecule has 0 fully saturated rings. The van der Waals surface area contributed by atoms with Gasteiger partial charge < -0.3 is 9.67 Å². The van der Waals surface area contributed by atoms with Crippen molar-refractivity contribution in [3.8, 4) is 0 Å². The average Bonchev–Trinajstić information content (AvgIpc) is 3.10. The molecule has 0 aliphatic carbocycles. The van der Waals surface area contributed by atoms with E-state index in [1.54, 1.807) is 6.92 Å². The van der Waals surface area contributed by atoms with Gasteiger partial charge in [-0.2, -0.15) is 0 Å². The third-order valence-electron chi connectivity index (χ3n) is 5.28. The predicted molar refractivity (Wildman–Crippen MR) is 112 cm³/mol. The molecule has 0 saturated carbocycles. The summed E-state index contributed by atoms with van der Waals surface area (Å²) in [5.74, 6) is -2.97. The molecule has 0 bridgehead atoms. The fourth-order valence-electron chi connectivity index (χ4n) is 3.84. The largest absolute Gasteiger partial charge is 0.373 e. The minimum atomic E-state index is -4.39. The zero-order chi connectivity index (χ0) is 23.3. The lowest BCUT2D eigenvalue weighted by molar-refractivity contribution is 0.103. The number of halogens is 3. The van der Waals surface area contributed by atoms with Gasteiger partial charge in [0.05, 0.1) is 11.0 Å². The fourth-order valence-corrected chi connectivity index (χ4v) is 4.44. The summed E-state index contributed by atoms with van der Waals surface area (Å²) in [4.78, 5) is 3.52. The number of aromatic nitrogens is 2. The van der Waals surface area contributed by atoms with Gasteiger partial charge in [-0.15, -0.1) is 0 Å². The molecule has 0 atom stereocenters. The summed E-state index contributed by atoms with van der Waals surface area (Å²) < 4.78 is 69.2. The maximum Gasteiger partial charge on any atom is 0.241 e. The Labute approximate surface area is 181 Å². The van der Waals surface area contributed by atoms with Crippen molar-refractivity contribution in [1.82, 2.24) is 9.55 Å². The van der Waals surface area contributed by atoms with E-state index in [-0.39, 0.29) is 34.5 Å². The molecule has 1 heterocycles. The first kappa shape index (κ1) is 22.0. The van der Waals surface area contributed by atoms with Crippen LogP contribution in [0.5, 0.6) is 0 Å². The summed E-state index contributed by atoms with van der Waals surface area (Å²) in [5, 5.41) is 17.0. The second-order valence-electron chi connectivity index (χ2n) is 7.17. The van der Waals surface area contributed by atoms with Gasteiger partial charge in [-0.05, 0) is 25.1 Å². The van der Waals surface area contributed by atoms with Crippen molar-refractivity contribution < 1.29 is 26.7 Å². The number of rotatable bonds is 5. The van der Waals surface area contributed by atoms with Gasteiger partial charge in [0.2, 0.25) is 10.0 Å². The topological polar surface area (TPSA) is 98.2 Å². The van der Waals surface area contributed by atoms with Crippen LogP contribution in [0.1, 0.15) is 23.9 Å². The predicted octanol–water partition coefficient (Wildman–Crippen LogP) is 3.41. The normalized spacial score (nSPS) is 12.4. The molecule has 4 aromatic rings. The highest BCUT2D eigenvalue weighted by molar-refractivity contribution is 7.89. The molecule has 0 saturated heterocycles. The molecule has 6 nitrogen and oxygen atoms in total. The monoisotopic (exact) mass is 461 g/mol. The van der Waals surface area contributed by atoms with Gasteiger partial charge in [0.15, 0.2) is 11.4 Å². The van der Waals surface area contributed by atoms with Gasteiger partial charge in [0, 0.05) is 23.7 Å². The first-order valence-electron chi connectivity index (χ1n) is 9.54. The van der Waals surface area contributed by atoms with E-state index in [4.69, 9.17) is 5.14 Å². The van der Waals surface area contributed by atoms with E-state index in [1.165, 1.54) is 41.0 Å². The molecule has 10 heteroatoms. The number of fused-ring (bicyclic) bond motifs is 1. The lowest BCUT2D eigenvalue weighted by Crippen LogP contribution is -2.34. The molecule has 166 valence electrons. The molecule has 3 N–H and O–H groups in total. The number of hydrogen-bond acceptors (Lipinski definition) is 4. The van der Waals surface area contributed by atoms with Crippen LogP contribution in [0.3, 0.4) is 0 Å². The number of aliphatic hydroxyl groups is 1. The van der Waals surface area contributed by atoms with Crippen LogP contribution in [0.25, 0.3) is 11.0 Å². The van der Waals surface area contributed by atoms with Gasteiger partial charge in [-0.3, -0.25) is 0 Å². The van der Waals surface area contributed by atoms with Gasteiger partial charge in [0.25, 0.3) is 0 Å². The number of benzene rings is 3. The van der Waals surface area contributed by atoms with E-state index in [0.717, 1.165) is 24.3 Å². The van der Waals surface area contributed by atoms with E-state index in [1.807, 2.05) is 0 Å². The van der Waals surface area contributed by atoms with Crippen LogP contribution in [0, 0.1) is 17.5 Å². The molecular weight excluding hydrogens is 443 g/mol. The highest BCUT2D eigenvalue weighted by atomic mass is 32.2. The minimum Gasteiger partial charge on any atom is -0.373 e. The van der Waals surface area contributed by atoms with Crippen LogP contribution < -0.4 is 5.14 Å². The Bertz CT molecular complexity index is 1410. The molecular formula is C22H18F3N3O3S. The molecule has 0 spiro atoms. The molecule has 4 rings (SSSR count). The van der Waals surface area contributed by atoms with Crippen LogP contribution in [0.4, 0.5) is 13.2 Å². The number of primary sulfonamides is 1. The first-order chi connectivity index (χ1) is 15.1. The number of nitrogens with zero attached hydrogens (tertiary/aromatic N) is 2. The number of aryl methyl sites for hydroxylation is 1. The van der Waals surface area contributed by atoms with Crippen LogP contribution in [-0.2, 0) is 22.2 Å². The van der Waals surface area contributed by atoms with Gasteiger partial charge in [0.1, 0.15) is 22.3 Å². The summed E-state index contributed by atoms with van der Waals surface area (Å²) in [6.07, 6.45) is 0. The van der Waals surface area contributed by atoms with Crippen molar-refractivity contribution in [2.24, 2.45) is 5.14 Å². The Morgan fingerprint density at radius 1 is 0.969 bits per heavy atom. The third kappa shape index (κ3) is 3.36. The Hall–Kier alpha value is -3.21. The maximum atomic E-state index is 14.9. The van der Waals surface area contributed by atoms with Gasteiger partial charge in [-0.1, -0.05) is 36.4 Å². The highest BCUT2D eigenvalue weighted by Crippen LogP contribution is 2.40. The smallest absolute Gasteiger partial charge is 0.241 e. The molecule has 3 aromatic carbocycles.